The number of anilines is 2. The second-order valence-corrected chi connectivity index (χ2v) is 11.9. The van der Waals surface area contributed by atoms with Crippen LogP contribution in [0.5, 0.6) is 0 Å². The maximum Gasteiger partial charge on any atom is 0.282 e. The second-order valence-electron chi connectivity index (χ2n) is 9.66. The number of nitriles is 2. The minimum Gasteiger partial charge on any atom is -0.312 e. The predicted octanol–water partition coefficient (Wildman–Crippen LogP) is 6.50. The van der Waals surface area contributed by atoms with Gasteiger partial charge in [0.25, 0.3) is 17.5 Å². The Morgan fingerprint density at radius 2 is 1.31 bits per heavy atom. The van der Waals surface area contributed by atoms with E-state index < -0.39 is 22.4 Å². The molecule has 2 amide bonds. The zero-order chi connectivity index (χ0) is 27.5. The Morgan fingerprint density at radius 1 is 0.795 bits per heavy atom. The van der Waals surface area contributed by atoms with Crippen molar-refractivity contribution in [2.75, 3.05) is 10.6 Å². The summed E-state index contributed by atoms with van der Waals surface area (Å²) in [6.45, 7) is 0. The molecule has 0 spiro atoms. The van der Waals surface area contributed by atoms with E-state index in [1.807, 2.05) is 0 Å². The molecule has 3 aromatic rings. The predicted molar refractivity (Wildman–Crippen MR) is 150 cm³/mol. The first kappa shape index (κ1) is 26.5. The number of thiophene rings is 2. The molecule has 2 N–H and O–H groups in total. The van der Waals surface area contributed by atoms with Gasteiger partial charge in [0.05, 0.1) is 16.1 Å². The van der Waals surface area contributed by atoms with Crippen molar-refractivity contribution in [2.45, 2.75) is 64.2 Å². The quantitative estimate of drug-likeness (QED) is 0.207. The molecule has 39 heavy (non-hydrogen) atoms. The van der Waals surface area contributed by atoms with Crippen LogP contribution in [0.1, 0.15) is 91.2 Å². The zero-order valence-electron chi connectivity index (χ0n) is 21.1. The van der Waals surface area contributed by atoms with Gasteiger partial charge in [0.1, 0.15) is 27.7 Å². The van der Waals surface area contributed by atoms with E-state index in [4.69, 9.17) is 0 Å². The third-order valence-electron chi connectivity index (χ3n) is 7.22. The number of fused-ring (bicyclic) bond motifs is 2. The standard InChI is InChI=1S/C28H25N5O4S2/c29-14-20-17-7-3-1-5-9-23(17)38-27(20)31-25(34)16-11-12-19(22(13-16)33(36)37)26(35)32-28-21(15-30)18-8-4-2-6-10-24(18)39-28/h11-13H,1-10H2,(H,31,34)(H,32,35). The van der Waals surface area contributed by atoms with Crippen LogP contribution in [0.3, 0.4) is 0 Å². The van der Waals surface area contributed by atoms with Gasteiger partial charge in [-0.25, -0.2) is 0 Å². The Balaban J connectivity index is 1.39. The van der Waals surface area contributed by atoms with E-state index in [2.05, 4.69) is 22.8 Å². The average Bonchev–Trinajstić information content (AvgIpc) is 3.18. The van der Waals surface area contributed by atoms with Crippen LogP contribution >= 0.6 is 22.7 Å². The number of aryl methyl sites for hydroxylation is 2. The molecule has 0 aliphatic heterocycles. The highest BCUT2D eigenvalue weighted by Crippen LogP contribution is 2.39. The van der Waals surface area contributed by atoms with E-state index in [1.54, 1.807) is 0 Å². The van der Waals surface area contributed by atoms with Gasteiger partial charge in [0, 0.05) is 21.4 Å². The molecule has 0 radical (unpaired) electrons. The molecule has 0 unspecified atom stereocenters. The highest BCUT2D eigenvalue weighted by molar-refractivity contribution is 7.17. The SMILES string of the molecule is N#Cc1c(NC(=O)c2ccc(C(=O)Nc3sc4c(c3C#N)CCCCC4)c([N+](=O)[O-])c2)sc2c1CCCCC2. The van der Waals surface area contributed by atoms with E-state index in [0.29, 0.717) is 21.1 Å². The molecule has 0 atom stereocenters. The van der Waals surface area contributed by atoms with E-state index in [-0.39, 0.29) is 11.1 Å². The third-order valence-corrected chi connectivity index (χ3v) is 9.64. The summed E-state index contributed by atoms with van der Waals surface area (Å²) in [5.41, 5.74) is 2.11. The fourth-order valence-corrected chi connectivity index (χ4v) is 7.73. The van der Waals surface area contributed by atoms with Crippen LogP contribution < -0.4 is 10.6 Å². The van der Waals surface area contributed by atoms with Crippen LogP contribution in [0.4, 0.5) is 15.7 Å². The number of nitro groups is 1. The number of nitrogens with one attached hydrogen (secondary N) is 2. The van der Waals surface area contributed by atoms with Crippen LogP contribution in [0.25, 0.3) is 0 Å². The molecular weight excluding hydrogens is 534 g/mol. The van der Waals surface area contributed by atoms with E-state index >= 15 is 0 Å². The van der Waals surface area contributed by atoms with Crippen LogP contribution in [-0.4, -0.2) is 16.7 Å². The average molecular weight is 560 g/mol. The van der Waals surface area contributed by atoms with E-state index in [0.717, 1.165) is 91.2 Å². The molecule has 1 aromatic carbocycles. The monoisotopic (exact) mass is 559 g/mol. The Bertz CT molecular complexity index is 1570. The molecular formula is C28H25N5O4S2. The highest BCUT2D eigenvalue weighted by Gasteiger charge is 2.27. The summed E-state index contributed by atoms with van der Waals surface area (Å²) in [4.78, 5) is 39.6. The van der Waals surface area contributed by atoms with Crippen LogP contribution in [0.2, 0.25) is 0 Å². The van der Waals surface area contributed by atoms with Gasteiger partial charge in [-0.05, 0) is 74.6 Å². The Hall–Kier alpha value is -4.06. The highest BCUT2D eigenvalue weighted by atomic mass is 32.1. The Kier molecular flexibility index (Phi) is 7.73. The molecule has 2 aromatic heterocycles. The maximum absolute atomic E-state index is 13.1. The number of hydrogen-bond donors (Lipinski definition) is 2. The van der Waals surface area contributed by atoms with Crippen molar-refractivity contribution >= 4 is 50.2 Å². The lowest BCUT2D eigenvalue weighted by molar-refractivity contribution is -0.385. The molecule has 0 fully saturated rings. The summed E-state index contributed by atoms with van der Waals surface area (Å²) in [6, 6.07) is 8.08. The summed E-state index contributed by atoms with van der Waals surface area (Å²) in [7, 11) is 0. The van der Waals surface area contributed by atoms with Crippen molar-refractivity contribution < 1.29 is 14.5 Å². The lowest BCUT2D eigenvalue weighted by atomic mass is 10.1. The van der Waals surface area contributed by atoms with Gasteiger partial charge in [-0.3, -0.25) is 19.7 Å². The summed E-state index contributed by atoms with van der Waals surface area (Å²) in [5, 5.41) is 37.7. The molecule has 0 saturated carbocycles. The second kappa shape index (κ2) is 11.4. The first-order chi connectivity index (χ1) is 18.9. The topological polar surface area (TPSA) is 149 Å². The van der Waals surface area contributed by atoms with E-state index in [1.165, 1.54) is 34.8 Å². The van der Waals surface area contributed by atoms with Crippen molar-refractivity contribution in [1.82, 2.24) is 0 Å². The summed E-state index contributed by atoms with van der Waals surface area (Å²) in [5.74, 6) is -1.30. The molecule has 11 heteroatoms. The van der Waals surface area contributed by atoms with Crippen LogP contribution in [-0.2, 0) is 25.7 Å². The van der Waals surface area contributed by atoms with Crippen molar-refractivity contribution in [3.05, 3.63) is 71.4 Å². The molecule has 0 saturated heterocycles. The van der Waals surface area contributed by atoms with Gasteiger partial charge in [-0.15, -0.1) is 22.7 Å². The van der Waals surface area contributed by atoms with Gasteiger partial charge < -0.3 is 10.6 Å². The number of carbonyl (C=O) groups is 2. The summed E-state index contributed by atoms with van der Waals surface area (Å²) < 4.78 is 0. The Morgan fingerprint density at radius 3 is 1.82 bits per heavy atom. The molecule has 9 nitrogen and oxygen atoms in total. The van der Waals surface area contributed by atoms with Gasteiger partial charge in [0.15, 0.2) is 0 Å². The van der Waals surface area contributed by atoms with Gasteiger partial charge >= 0.3 is 0 Å². The lowest BCUT2D eigenvalue weighted by Gasteiger charge is -2.08. The number of rotatable bonds is 5. The van der Waals surface area contributed by atoms with Crippen LogP contribution in [0.15, 0.2) is 18.2 Å². The fraction of sp³-hybridized carbons (Fsp3) is 0.357. The fourth-order valence-electron chi connectivity index (χ4n) is 5.26. The molecule has 0 bridgehead atoms. The number of benzene rings is 1. The summed E-state index contributed by atoms with van der Waals surface area (Å²) >= 11 is 2.73. The van der Waals surface area contributed by atoms with Gasteiger partial charge in [0.2, 0.25) is 0 Å². The first-order valence-corrected chi connectivity index (χ1v) is 14.5. The maximum atomic E-state index is 13.1. The van der Waals surface area contributed by atoms with Gasteiger partial charge in [-0.2, -0.15) is 10.5 Å². The third kappa shape index (κ3) is 5.29. The molecule has 198 valence electrons. The number of nitro benzene ring substituents is 1. The lowest BCUT2D eigenvalue weighted by Crippen LogP contribution is -2.16. The number of amides is 2. The molecule has 5 rings (SSSR count). The van der Waals surface area contributed by atoms with Gasteiger partial charge in [-0.1, -0.05) is 12.8 Å². The summed E-state index contributed by atoms with van der Waals surface area (Å²) in [6.07, 6.45) is 9.48. The van der Waals surface area contributed by atoms with Crippen LogP contribution in [0, 0.1) is 32.8 Å². The minimum atomic E-state index is -0.713. The zero-order valence-corrected chi connectivity index (χ0v) is 22.7. The first-order valence-electron chi connectivity index (χ1n) is 12.9. The number of nitrogens with zero attached hydrogens (tertiary/aromatic N) is 3. The molecule has 2 heterocycles. The van der Waals surface area contributed by atoms with Crippen molar-refractivity contribution in [3.63, 3.8) is 0 Å². The van der Waals surface area contributed by atoms with Crippen molar-refractivity contribution in [3.8, 4) is 12.1 Å². The minimum absolute atomic E-state index is 0.00582. The normalized spacial score (nSPS) is 14.5. The largest absolute Gasteiger partial charge is 0.312 e. The van der Waals surface area contributed by atoms with Crippen molar-refractivity contribution in [2.24, 2.45) is 0 Å². The molecule has 2 aliphatic rings. The van der Waals surface area contributed by atoms with Crippen molar-refractivity contribution in [1.29, 1.82) is 10.5 Å². The van der Waals surface area contributed by atoms with E-state index in [9.17, 15) is 30.2 Å². The molecule has 2 aliphatic carbocycles. The number of carbonyl (C=O) groups excluding carboxylic acids is 2. The smallest absolute Gasteiger partial charge is 0.282 e. The Labute approximate surface area is 233 Å². The number of hydrogen-bond acceptors (Lipinski definition) is 8.